The third-order valence-corrected chi connectivity index (χ3v) is 10.4. The second-order valence-electron chi connectivity index (χ2n) is 13.1. The number of carbonyl (C=O) groups excluding carboxylic acids is 8. The number of nitrogens with zero attached hydrogens (tertiary/aromatic N) is 4. The number of anilines is 1. The molecule has 0 atom stereocenters. The first kappa shape index (κ1) is 33.0. The molecule has 0 spiro atoms. The highest BCUT2D eigenvalue weighted by molar-refractivity contribution is 6.40. The van der Waals surface area contributed by atoms with Crippen molar-refractivity contribution in [1.82, 2.24) is 14.9 Å². The predicted molar refractivity (Wildman–Crippen MR) is 190 cm³/mol. The topological polar surface area (TPSA) is 150 Å². The van der Waals surface area contributed by atoms with Gasteiger partial charge in [-0.25, -0.2) is 4.90 Å². The smallest absolute Gasteiger partial charge is 0.274 e. The summed E-state index contributed by atoms with van der Waals surface area (Å²) in [5.74, 6) is -6.42. The molecule has 0 saturated heterocycles. The molecule has 264 valence electrons. The number of benzene rings is 5. The quantitative estimate of drug-likeness (QED) is 0.192. The Morgan fingerprint density at radius 3 is 1.46 bits per heavy atom. The van der Waals surface area contributed by atoms with E-state index in [0.29, 0.717) is 31.7 Å². The molecule has 0 bridgehead atoms. The van der Waals surface area contributed by atoms with Crippen LogP contribution in [-0.4, -0.2) is 75.4 Å². The van der Waals surface area contributed by atoms with Gasteiger partial charge in [-0.05, 0) is 90.7 Å². The maximum atomic E-state index is 14.1. The number of amides is 8. The molecule has 0 aliphatic carbocycles. The largest absolute Gasteiger partial charge is 0.281 e. The van der Waals surface area contributed by atoms with Crippen molar-refractivity contribution in [3.63, 3.8) is 0 Å². The van der Waals surface area contributed by atoms with Crippen LogP contribution in [0.25, 0.3) is 21.9 Å². The highest BCUT2D eigenvalue weighted by Gasteiger charge is 2.49. The lowest BCUT2D eigenvalue weighted by atomic mass is 9.86. The van der Waals surface area contributed by atoms with E-state index in [0.717, 1.165) is 9.80 Å². The van der Waals surface area contributed by atoms with E-state index in [1.165, 1.54) is 60.7 Å². The second-order valence-corrected chi connectivity index (χ2v) is 13.6. The summed E-state index contributed by atoms with van der Waals surface area (Å²) in [5, 5.41) is 1.39. The standard InChI is InChI=1S/C40H22ClFN4O8/c1-18-3-6-21(41)17-30(18)44-35(49)24-9-11-26-32-27(12-10-25(31(24)32)36(44)50)39(53)46(38(26)52)45-37(51)23-8-5-20(16-29(23)40(45)54)19-4-7-22-28(15-19)34(48)43(33(22)47)14-2-13-42/h3-12,15-17H,2,13-14H2,1H3. The molecule has 9 rings (SSSR count). The molecule has 0 radical (unpaired) electrons. The number of hydrogen-bond acceptors (Lipinski definition) is 8. The summed E-state index contributed by atoms with van der Waals surface area (Å²) >= 11 is 6.20. The molecule has 0 N–H and O–H groups in total. The molecule has 8 amide bonds. The maximum Gasteiger partial charge on any atom is 0.281 e. The van der Waals surface area contributed by atoms with Crippen LogP contribution in [0.4, 0.5) is 10.1 Å². The summed E-state index contributed by atoms with van der Waals surface area (Å²) in [6, 6.07) is 18.9. The van der Waals surface area contributed by atoms with Gasteiger partial charge < -0.3 is 0 Å². The number of alkyl halides is 1. The van der Waals surface area contributed by atoms with Crippen molar-refractivity contribution in [2.24, 2.45) is 0 Å². The zero-order valence-electron chi connectivity index (χ0n) is 27.9. The molecule has 5 aromatic carbocycles. The lowest BCUT2D eigenvalue weighted by Crippen LogP contribution is -2.54. The van der Waals surface area contributed by atoms with Crippen LogP contribution < -0.4 is 4.90 Å². The minimum Gasteiger partial charge on any atom is -0.274 e. The average molecular weight is 741 g/mol. The van der Waals surface area contributed by atoms with Crippen molar-refractivity contribution in [3.05, 3.63) is 134 Å². The average Bonchev–Trinajstić information content (AvgIpc) is 3.56. The molecule has 0 fully saturated rings. The Morgan fingerprint density at radius 1 is 0.500 bits per heavy atom. The van der Waals surface area contributed by atoms with E-state index >= 15 is 0 Å². The van der Waals surface area contributed by atoms with Gasteiger partial charge in [0.2, 0.25) is 0 Å². The lowest BCUT2D eigenvalue weighted by molar-refractivity contribution is 0.00523. The fourth-order valence-electron chi connectivity index (χ4n) is 7.57. The van der Waals surface area contributed by atoms with Crippen LogP contribution in [0.2, 0.25) is 5.02 Å². The number of hydrazine groups is 1. The highest BCUT2D eigenvalue weighted by Crippen LogP contribution is 2.41. The number of aryl methyl sites for hydroxylation is 1. The van der Waals surface area contributed by atoms with Crippen LogP contribution in [0.3, 0.4) is 0 Å². The van der Waals surface area contributed by atoms with E-state index < -0.39 is 53.9 Å². The van der Waals surface area contributed by atoms with Crippen molar-refractivity contribution in [1.29, 1.82) is 0 Å². The first-order chi connectivity index (χ1) is 25.9. The van der Waals surface area contributed by atoms with Gasteiger partial charge in [-0.1, -0.05) is 29.8 Å². The molecule has 12 nitrogen and oxygen atoms in total. The number of rotatable bonds is 6. The number of imide groups is 4. The van der Waals surface area contributed by atoms with E-state index in [2.05, 4.69) is 0 Å². The molecule has 0 saturated carbocycles. The second kappa shape index (κ2) is 11.6. The van der Waals surface area contributed by atoms with Gasteiger partial charge in [-0.15, -0.1) is 0 Å². The van der Waals surface area contributed by atoms with E-state index in [9.17, 15) is 42.7 Å². The summed E-state index contributed by atoms with van der Waals surface area (Å²) in [6.07, 6.45) is 0.00324. The molecule has 5 aromatic rings. The van der Waals surface area contributed by atoms with Crippen LogP contribution >= 0.6 is 11.6 Å². The van der Waals surface area contributed by atoms with E-state index in [4.69, 9.17) is 11.6 Å². The van der Waals surface area contributed by atoms with Gasteiger partial charge in [-0.2, -0.15) is 10.0 Å². The first-order valence-corrected chi connectivity index (χ1v) is 17.0. The number of halogens is 2. The number of carbonyl (C=O) groups is 8. The normalized spacial score (nSPS) is 16.1. The zero-order valence-corrected chi connectivity index (χ0v) is 28.7. The van der Waals surface area contributed by atoms with Gasteiger partial charge in [0.25, 0.3) is 47.3 Å². The predicted octanol–water partition coefficient (Wildman–Crippen LogP) is 6.03. The van der Waals surface area contributed by atoms with Crippen molar-refractivity contribution in [3.8, 4) is 11.1 Å². The monoisotopic (exact) mass is 740 g/mol. The summed E-state index contributed by atoms with van der Waals surface area (Å²) in [5.41, 5.74) is 1.73. The summed E-state index contributed by atoms with van der Waals surface area (Å²) < 4.78 is 12.8. The van der Waals surface area contributed by atoms with Crippen molar-refractivity contribution < 1.29 is 42.7 Å². The zero-order chi connectivity index (χ0) is 37.9. The van der Waals surface area contributed by atoms with Gasteiger partial charge in [0.15, 0.2) is 0 Å². The minimum absolute atomic E-state index is 0.00324. The maximum absolute atomic E-state index is 14.1. The SMILES string of the molecule is Cc1ccc(Cl)cc1N1C(=O)c2ccc3c4c(ccc(c24)C1=O)C(=O)N(N1C(=O)c2ccc(-c4ccc5c(c4)C(=O)N(CCCF)C5=O)cc2C1=O)C3=O. The van der Waals surface area contributed by atoms with Gasteiger partial charge in [0.1, 0.15) is 0 Å². The van der Waals surface area contributed by atoms with E-state index in [1.54, 1.807) is 25.1 Å². The van der Waals surface area contributed by atoms with Crippen LogP contribution in [0.5, 0.6) is 0 Å². The van der Waals surface area contributed by atoms with Gasteiger partial charge in [0, 0.05) is 33.5 Å². The molecule has 54 heavy (non-hydrogen) atoms. The van der Waals surface area contributed by atoms with Gasteiger partial charge >= 0.3 is 0 Å². The van der Waals surface area contributed by atoms with Gasteiger partial charge in [-0.3, -0.25) is 47.6 Å². The van der Waals surface area contributed by atoms with Crippen LogP contribution in [0, 0.1) is 6.92 Å². The molecule has 4 heterocycles. The third-order valence-electron chi connectivity index (χ3n) is 10.2. The number of fused-ring (bicyclic) bond motifs is 2. The fraction of sp³-hybridized carbons (Fsp3) is 0.100. The van der Waals surface area contributed by atoms with Crippen molar-refractivity contribution >= 4 is 75.3 Å². The summed E-state index contributed by atoms with van der Waals surface area (Å²) in [4.78, 5) is 111. The van der Waals surface area contributed by atoms with Crippen LogP contribution in [0.15, 0.2) is 78.9 Å². The van der Waals surface area contributed by atoms with Crippen LogP contribution in [0.1, 0.15) is 94.8 Å². The summed E-state index contributed by atoms with van der Waals surface area (Å²) in [6.45, 7) is 0.956. The molecular formula is C40H22ClFN4O8. The fourth-order valence-corrected chi connectivity index (χ4v) is 7.73. The Hall–Kier alpha value is -6.86. The third kappa shape index (κ3) is 4.35. The Balaban J connectivity index is 1.06. The molecular weight excluding hydrogens is 719 g/mol. The molecule has 4 aliphatic rings. The van der Waals surface area contributed by atoms with Crippen LogP contribution in [-0.2, 0) is 0 Å². The Bertz CT molecular complexity index is 2660. The first-order valence-electron chi connectivity index (χ1n) is 16.7. The lowest BCUT2D eigenvalue weighted by Gasteiger charge is -2.34. The number of hydrogen-bond donors (Lipinski definition) is 0. The van der Waals surface area contributed by atoms with Crippen molar-refractivity contribution in [2.75, 3.05) is 18.1 Å². The molecule has 14 heteroatoms. The van der Waals surface area contributed by atoms with Gasteiger partial charge in [0.05, 0.1) is 45.7 Å². The molecule has 0 aromatic heterocycles. The van der Waals surface area contributed by atoms with E-state index in [1.807, 2.05) is 0 Å². The Morgan fingerprint density at radius 2 is 0.926 bits per heavy atom. The Labute approximate surface area is 308 Å². The Kier molecular flexibility index (Phi) is 7.07. The van der Waals surface area contributed by atoms with E-state index in [-0.39, 0.29) is 73.9 Å². The summed E-state index contributed by atoms with van der Waals surface area (Å²) in [7, 11) is 0. The molecule has 4 aliphatic heterocycles. The minimum atomic E-state index is -1.02. The highest BCUT2D eigenvalue weighted by atomic mass is 35.5. The molecule has 0 unspecified atom stereocenters. The van der Waals surface area contributed by atoms with Crippen molar-refractivity contribution in [2.45, 2.75) is 13.3 Å².